The fourth-order valence-electron chi connectivity index (χ4n) is 3.99. The number of carbonyl (C=O) groups excluding carboxylic acids is 2. The first kappa shape index (κ1) is 22.5. The molecule has 1 fully saturated rings. The van der Waals surface area contributed by atoms with Gasteiger partial charge in [0.25, 0.3) is 5.91 Å². The summed E-state index contributed by atoms with van der Waals surface area (Å²) >= 11 is 0. The smallest absolute Gasteiger partial charge is 0.257 e. The van der Waals surface area contributed by atoms with Gasteiger partial charge in [0.1, 0.15) is 11.6 Å². The highest BCUT2D eigenvalue weighted by atomic mass is 16.5. The Kier molecular flexibility index (Phi) is 6.77. The van der Waals surface area contributed by atoms with Crippen molar-refractivity contribution in [2.45, 2.75) is 39.3 Å². The molecule has 3 rings (SSSR count). The van der Waals surface area contributed by atoms with Gasteiger partial charge < -0.3 is 19.4 Å². The molecule has 1 atom stereocenters. The molecule has 0 radical (unpaired) electrons. The number of aryl methyl sites for hydroxylation is 1. The lowest BCUT2D eigenvalue weighted by molar-refractivity contribution is -0.129. The second-order valence-corrected chi connectivity index (χ2v) is 8.16. The second-order valence-electron chi connectivity index (χ2n) is 8.16. The van der Waals surface area contributed by atoms with Gasteiger partial charge in [0, 0.05) is 40.7 Å². The Bertz CT molecular complexity index is 976. The summed E-state index contributed by atoms with van der Waals surface area (Å²) in [6.45, 7) is 4.53. The van der Waals surface area contributed by atoms with E-state index < -0.39 is 0 Å². The predicted octanol–water partition coefficient (Wildman–Crippen LogP) is 2.82. The minimum absolute atomic E-state index is 0.0294. The van der Waals surface area contributed by atoms with Crippen LogP contribution in [0.15, 0.2) is 24.3 Å². The molecule has 8 heteroatoms. The summed E-state index contributed by atoms with van der Waals surface area (Å²) in [5.74, 6) is 1.85. The number of hydrogen-bond acceptors (Lipinski definition) is 6. The van der Waals surface area contributed by atoms with E-state index in [4.69, 9.17) is 14.7 Å². The first-order chi connectivity index (χ1) is 14.7. The summed E-state index contributed by atoms with van der Waals surface area (Å²) in [4.78, 5) is 40.0. The molecule has 0 unspecified atom stereocenters. The van der Waals surface area contributed by atoms with E-state index in [1.807, 2.05) is 49.0 Å². The molecule has 166 valence electrons. The van der Waals surface area contributed by atoms with Gasteiger partial charge >= 0.3 is 0 Å². The maximum Gasteiger partial charge on any atom is 0.257 e. The minimum atomic E-state index is -0.140. The Hall–Kier alpha value is -3.16. The van der Waals surface area contributed by atoms with E-state index in [0.29, 0.717) is 23.7 Å². The van der Waals surface area contributed by atoms with Gasteiger partial charge in [0.2, 0.25) is 5.91 Å². The Morgan fingerprint density at radius 1 is 1.23 bits per heavy atom. The Labute approximate surface area is 183 Å². The predicted molar refractivity (Wildman–Crippen MR) is 119 cm³/mol. The lowest BCUT2D eigenvalue weighted by Crippen LogP contribution is -2.31. The van der Waals surface area contributed by atoms with E-state index in [1.165, 1.54) is 0 Å². The van der Waals surface area contributed by atoms with Crippen molar-refractivity contribution in [2.75, 3.05) is 39.7 Å². The van der Waals surface area contributed by atoms with Crippen molar-refractivity contribution in [2.24, 2.45) is 0 Å². The lowest BCUT2D eigenvalue weighted by Gasteiger charge is -2.25. The SMILES string of the molecule is COc1c(C)cccc1C(=O)N(C)Cc1cc(N(C)C)nc([C@H]2CCCN2C(C)=O)n1. The molecule has 8 nitrogen and oxygen atoms in total. The second kappa shape index (κ2) is 9.32. The summed E-state index contributed by atoms with van der Waals surface area (Å²) in [7, 11) is 7.15. The van der Waals surface area contributed by atoms with Crippen molar-refractivity contribution < 1.29 is 14.3 Å². The molecule has 1 saturated heterocycles. The first-order valence-corrected chi connectivity index (χ1v) is 10.4. The van der Waals surface area contributed by atoms with E-state index in [2.05, 4.69) is 0 Å². The number of anilines is 1. The molecule has 1 aliphatic rings. The molecule has 0 N–H and O–H groups in total. The van der Waals surface area contributed by atoms with Crippen LogP contribution in [0.4, 0.5) is 5.82 Å². The van der Waals surface area contributed by atoms with Crippen LogP contribution in [0.5, 0.6) is 5.75 Å². The summed E-state index contributed by atoms with van der Waals surface area (Å²) in [6.07, 6.45) is 1.77. The molecule has 0 saturated carbocycles. The number of likely N-dealkylation sites (tertiary alicyclic amines) is 1. The number of hydrogen-bond donors (Lipinski definition) is 0. The molecule has 1 aromatic heterocycles. The highest BCUT2D eigenvalue weighted by molar-refractivity contribution is 5.97. The number of aromatic nitrogens is 2. The average molecular weight is 426 g/mol. The summed E-state index contributed by atoms with van der Waals surface area (Å²) in [5.41, 5.74) is 2.16. The van der Waals surface area contributed by atoms with Gasteiger partial charge in [-0.1, -0.05) is 12.1 Å². The fourth-order valence-corrected chi connectivity index (χ4v) is 3.99. The largest absolute Gasteiger partial charge is 0.496 e. The molecule has 1 aromatic carbocycles. The maximum absolute atomic E-state index is 13.1. The Balaban J connectivity index is 1.90. The van der Waals surface area contributed by atoms with Crippen LogP contribution >= 0.6 is 0 Å². The van der Waals surface area contributed by atoms with E-state index in [9.17, 15) is 9.59 Å². The van der Waals surface area contributed by atoms with Crippen LogP contribution in [-0.2, 0) is 11.3 Å². The number of carbonyl (C=O) groups is 2. The van der Waals surface area contributed by atoms with Gasteiger partial charge in [0.15, 0.2) is 5.82 Å². The summed E-state index contributed by atoms with van der Waals surface area (Å²) < 4.78 is 5.45. The molecule has 2 heterocycles. The van der Waals surface area contributed by atoms with Gasteiger partial charge in [-0.05, 0) is 31.4 Å². The molecule has 2 amide bonds. The van der Waals surface area contributed by atoms with E-state index in [-0.39, 0.29) is 17.9 Å². The number of nitrogens with zero attached hydrogens (tertiary/aromatic N) is 5. The normalized spacial score (nSPS) is 15.7. The molecule has 0 spiro atoms. The third-order valence-electron chi connectivity index (χ3n) is 5.59. The van der Waals surface area contributed by atoms with E-state index in [0.717, 1.165) is 36.5 Å². The van der Waals surface area contributed by atoms with Gasteiger partial charge in [0.05, 0.1) is 31.0 Å². The van der Waals surface area contributed by atoms with Crippen LogP contribution < -0.4 is 9.64 Å². The quantitative estimate of drug-likeness (QED) is 0.708. The number of methoxy groups -OCH3 is 1. The zero-order valence-corrected chi connectivity index (χ0v) is 19.2. The zero-order chi connectivity index (χ0) is 22.7. The molecule has 2 aromatic rings. The van der Waals surface area contributed by atoms with Crippen molar-refractivity contribution in [3.8, 4) is 5.75 Å². The van der Waals surface area contributed by atoms with E-state index >= 15 is 0 Å². The average Bonchev–Trinajstić information content (AvgIpc) is 3.23. The molecular weight excluding hydrogens is 394 g/mol. The third kappa shape index (κ3) is 4.78. The third-order valence-corrected chi connectivity index (χ3v) is 5.59. The minimum Gasteiger partial charge on any atom is -0.496 e. The summed E-state index contributed by atoms with van der Waals surface area (Å²) in [6, 6.07) is 7.28. The highest BCUT2D eigenvalue weighted by Gasteiger charge is 2.31. The van der Waals surface area contributed by atoms with Crippen molar-refractivity contribution in [3.05, 3.63) is 46.9 Å². The molecule has 0 bridgehead atoms. The zero-order valence-electron chi connectivity index (χ0n) is 19.2. The van der Waals surface area contributed by atoms with Crippen LogP contribution in [0.2, 0.25) is 0 Å². The molecule has 0 aliphatic carbocycles. The van der Waals surface area contributed by atoms with Gasteiger partial charge in [-0.15, -0.1) is 0 Å². The first-order valence-electron chi connectivity index (χ1n) is 10.4. The summed E-state index contributed by atoms with van der Waals surface area (Å²) in [5, 5.41) is 0. The molecule has 31 heavy (non-hydrogen) atoms. The van der Waals surface area contributed by atoms with Crippen LogP contribution in [-0.4, -0.2) is 66.4 Å². The molecular formula is C23H31N5O3. The standard InChI is InChI=1S/C23H31N5O3/c1-15-9-7-10-18(21(15)31-6)23(30)27(5)14-17-13-20(26(3)4)25-22(24-17)19-11-8-12-28(19)16(2)29/h7,9-10,13,19H,8,11-12,14H2,1-6H3/t19-/m1/s1. The van der Waals surface area contributed by atoms with Crippen LogP contribution in [0, 0.1) is 6.92 Å². The number of amides is 2. The number of rotatable bonds is 6. The monoisotopic (exact) mass is 425 g/mol. The van der Waals surface area contributed by atoms with Crippen molar-refractivity contribution >= 4 is 17.6 Å². The number of para-hydroxylation sites is 1. The number of benzene rings is 1. The Morgan fingerprint density at radius 2 is 1.97 bits per heavy atom. The Morgan fingerprint density at radius 3 is 2.61 bits per heavy atom. The van der Waals surface area contributed by atoms with Crippen molar-refractivity contribution in [1.82, 2.24) is 19.8 Å². The van der Waals surface area contributed by atoms with Crippen molar-refractivity contribution in [1.29, 1.82) is 0 Å². The lowest BCUT2D eigenvalue weighted by atomic mass is 10.1. The van der Waals surface area contributed by atoms with Crippen LogP contribution in [0.1, 0.15) is 53.2 Å². The van der Waals surface area contributed by atoms with Gasteiger partial charge in [-0.2, -0.15) is 0 Å². The highest BCUT2D eigenvalue weighted by Crippen LogP contribution is 2.31. The molecule has 1 aliphatic heterocycles. The van der Waals surface area contributed by atoms with Gasteiger partial charge in [-0.3, -0.25) is 9.59 Å². The van der Waals surface area contributed by atoms with Gasteiger partial charge in [-0.25, -0.2) is 9.97 Å². The van der Waals surface area contributed by atoms with Crippen LogP contribution in [0.3, 0.4) is 0 Å². The fraction of sp³-hybridized carbons (Fsp3) is 0.478. The number of ether oxygens (including phenoxy) is 1. The topological polar surface area (TPSA) is 78.9 Å². The van der Waals surface area contributed by atoms with E-state index in [1.54, 1.807) is 32.0 Å². The maximum atomic E-state index is 13.1. The van der Waals surface area contributed by atoms with Crippen molar-refractivity contribution in [3.63, 3.8) is 0 Å². The van der Waals surface area contributed by atoms with Crippen LogP contribution in [0.25, 0.3) is 0 Å².